The molecule has 1 aromatic carbocycles. The molecule has 2 aliphatic rings. The van der Waals surface area contributed by atoms with Crippen molar-refractivity contribution in [1.29, 1.82) is 0 Å². The standard InChI is InChI=1S/C15H19BrFNO2/c16-12-9-11(4-5-13(12)17)10-18-6-2-1-3-14(18)15-19-7-8-20-15/h4-5,9,14-15H,1-3,6-8,10H2. The Morgan fingerprint density at radius 2 is 2.05 bits per heavy atom. The Morgan fingerprint density at radius 1 is 1.25 bits per heavy atom. The van der Waals surface area contributed by atoms with E-state index in [4.69, 9.17) is 9.47 Å². The molecule has 0 radical (unpaired) electrons. The lowest BCUT2D eigenvalue weighted by Crippen LogP contribution is -2.46. The number of piperidine rings is 1. The van der Waals surface area contributed by atoms with Gasteiger partial charge in [-0.15, -0.1) is 0 Å². The van der Waals surface area contributed by atoms with Gasteiger partial charge in [0.1, 0.15) is 5.82 Å². The van der Waals surface area contributed by atoms with E-state index < -0.39 is 0 Å². The SMILES string of the molecule is Fc1ccc(CN2CCCCC2C2OCCO2)cc1Br. The van der Waals surface area contributed by atoms with Crippen molar-refractivity contribution in [3.8, 4) is 0 Å². The Balaban J connectivity index is 1.71. The second-order valence-corrected chi connectivity index (χ2v) is 6.25. The summed E-state index contributed by atoms with van der Waals surface area (Å²) in [4.78, 5) is 2.40. The zero-order valence-electron chi connectivity index (χ0n) is 11.4. The van der Waals surface area contributed by atoms with Gasteiger partial charge in [-0.1, -0.05) is 12.5 Å². The van der Waals surface area contributed by atoms with E-state index in [2.05, 4.69) is 20.8 Å². The van der Waals surface area contributed by atoms with Gasteiger partial charge in [0, 0.05) is 6.54 Å². The van der Waals surface area contributed by atoms with Gasteiger partial charge in [-0.3, -0.25) is 4.90 Å². The molecular weight excluding hydrogens is 325 g/mol. The van der Waals surface area contributed by atoms with Crippen LogP contribution in [0.4, 0.5) is 4.39 Å². The second kappa shape index (κ2) is 6.52. The average molecular weight is 344 g/mol. The molecule has 0 bridgehead atoms. The maximum atomic E-state index is 13.3. The van der Waals surface area contributed by atoms with E-state index in [-0.39, 0.29) is 12.1 Å². The smallest absolute Gasteiger partial charge is 0.173 e. The van der Waals surface area contributed by atoms with Crippen LogP contribution in [0.3, 0.4) is 0 Å². The van der Waals surface area contributed by atoms with Crippen molar-refractivity contribution in [1.82, 2.24) is 4.90 Å². The number of hydrogen-bond donors (Lipinski definition) is 0. The van der Waals surface area contributed by atoms with Crippen LogP contribution in [0.15, 0.2) is 22.7 Å². The van der Waals surface area contributed by atoms with Crippen LogP contribution in [-0.4, -0.2) is 37.0 Å². The van der Waals surface area contributed by atoms with E-state index in [1.807, 2.05) is 12.1 Å². The van der Waals surface area contributed by atoms with Crippen LogP contribution < -0.4 is 0 Å². The molecule has 2 fully saturated rings. The number of rotatable bonds is 3. The highest BCUT2D eigenvalue weighted by atomic mass is 79.9. The van der Waals surface area contributed by atoms with Crippen molar-refractivity contribution in [3.63, 3.8) is 0 Å². The summed E-state index contributed by atoms with van der Waals surface area (Å²) in [7, 11) is 0. The number of likely N-dealkylation sites (tertiary alicyclic amines) is 1. The lowest BCUT2D eigenvalue weighted by atomic mass is 10.0. The fourth-order valence-corrected chi connectivity index (χ4v) is 3.42. The third-order valence-corrected chi connectivity index (χ3v) is 4.60. The molecule has 0 amide bonds. The minimum atomic E-state index is -0.216. The molecule has 1 aromatic rings. The van der Waals surface area contributed by atoms with Crippen LogP contribution in [-0.2, 0) is 16.0 Å². The fraction of sp³-hybridized carbons (Fsp3) is 0.600. The van der Waals surface area contributed by atoms with Crippen molar-refractivity contribution in [2.45, 2.75) is 38.1 Å². The molecule has 110 valence electrons. The van der Waals surface area contributed by atoms with Gasteiger partial charge >= 0.3 is 0 Å². The first-order valence-corrected chi connectivity index (χ1v) is 7.94. The van der Waals surface area contributed by atoms with Gasteiger partial charge in [-0.25, -0.2) is 4.39 Å². The summed E-state index contributed by atoms with van der Waals surface area (Å²) < 4.78 is 25.2. The van der Waals surface area contributed by atoms with Gasteiger partial charge in [-0.05, 0) is 53.0 Å². The largest absolute Gasteiger partial charge is 0.349 e. The maximum absolute atomic E-state index is 13.3. The minimum Gasteiger partial charge on any atom is -0.349 e. The summed E-state index contributed by atoms with van der Waals surface area (Å²) in [5.74, 6) is -0.216. The fourth-order valence-electron chi connectivity index (χ4n) is 2.99. The molecule has 20 heavy (non-hydrogen) atoms. The molecule has 2 heterocycles. The lowest BCUT2D eigenvalue weighted by molar-refractivity contribution is -0.111. The summed E-state index contributed by atoms with van der Waals surface area (Å²) >= 11 is 3.25. The highest BCUT2D eigenvalue weighted by molar-refractivity contribution is 9.10. The molecule has 0 aromatic heterocycles. The van der Waals surface area contributed by atoms with Gasteiger partial charge in [-0.2, -0.15) is 0 Å². The Morgan fingerprint density at radius 3 is 2.80 bits per heavy atom. The van der Waals surface area contributed by atoms with Gasteiger partial charge in [0.05, 0.1) is 23.7 Å². The predicted octanol–water partition coefficient (Wildman–Crippen LogP) is 3.32. The highest BCUT2D eigenvalue weighted by Gasteiger charge is 2.33. The van der Waals surface area contributed by atoms with Crippen LogP contribution in [0, 0.1) is 5.82 Å². The van der Waals surface area contributed by atoms with E-state index in [1.165, 1.54) is 18.9 Å². The quantitative estimate of drug-likeness (QED) is 0.840. The first-order valence-electron chi connectivity index (χ1n) is 7.15. The van der Waals surface area contributed by atoms with E-state index in [9.17, 15) is 4.39 Å². The van der Waals surface area contributed by atoms with E-state index >= 15 is 0 Å². The van der Waals surface area contributed by atoms with Gasteiger partial charge < -0.3 is 9.47 Å². The van der Waals surface area contributed by atoms with Crippen molar-refractivity contribution < 1.29 is 13.9 Å². The molecule has 0 saturated carbocycles. The zero-order valence-corrected chi connectivity index (χ0v) is 12.9. The molecular formula is C15H19BrFNO2. The maximum Gasteiger partial charge on any atom is 0.173 e. The number of ether oxygens (including phenoxy) is 2. The molecule has 3 nitrogen and oxygen atoms in total. The van der Waals surface area contributed by atoms with Crippen molar-refractivity contribution in [3.05, 3.63) is 34.1 Å². The Hall–Kier alpha value is -0.490. The predicted molar refractivity (Wildman–Crippen MR) is 77.8 cm³/mol. The molecule has 2 saturated heterocycles. The monoisotopic (exact) mass is 343 g/mol. The topological polar surface area (TPSA) is 21.7 Å². The first kappa shape index (κ1) is 14.4. The molecule has 3 rings (SSSR count). The first-order chi connectivity index (χ1) is 9.74. The number of halogens is 2. The second-order valence-electron chi connectivity index (χ2n) is 5.39. The van der Waals surface area contributed by atoms with Crippen LogP contribution in [0.2, 0.25) is 0 Å². The van der Waals surface area contributed by atoms with E-state index in [0.717, 1.165) is 25.1 Å². The number of benzene rings is 1. The van der Waals surface area contributed by atoms with E-state index in [1.54, 1.807) is 0 Å². The van der Waals surface area contributed by atoms with Gasteiger partial charge in [0.2, 0.25) is 0 Å². The van der Waals surface area contributed by atoms with Gasteiger partial charge in [0.25, 0.3) is 0 Å². The normalized spacial score (nSPS) is 25.2. The minimum absolute atomic E-state index is 0.0980. The molecule has 0 N–H and O–H groups in total. The van der Waals surface area contributed by atoms with Crippen molar-refractivity contribution in [2.75, 3.05) is 19.8 Å². The lowest BCUT2D eigenvalue weighted by Gasteiger charge is -2.38. The summed E-state index contributed by atoms with van der Waals surface area (Å²) in [6.45, 7) is 3.24. The molecule has 1 unspecified atom stereocenters. The summed E-state index contributed by atoms with van der Waals surface area (Å²) in [5, 5.41) is 0. The van der Waals surface area contributed by atoms with Crippen LogP contribution in [0.5, 0.6) is 0 Å². The van der Waals surface area contributed by atoms with Crippen LogP contribution in [0.1, 0.15) is 24.8 Å². The van der Waals surface area contributed by atoms with Crippen molar-refractivity contribution >= 4 is 15.9 Å². The van der Waals surface area contributed by atoms with Crippen molar-refractivity contribution in [2.24, 2.45) is 0 Å². The zero-order chi connectivity index (χ0) is 13.9. The summed E-state index contributed by atoms with van der Waals surface area (Å²) in [5.41, 5.74) is 1.11. The van der Waals surface area contributed by atoms with E-state index in [0.29, 0.717) is 23.7 Å². The number of nitrogens with zero attached hydrogens (tertiary/aromatic N) is 1. The summed E-state index contributed by atoms with van der Waals surface area (Å²) in [6, 6.07) is 5.54. The average Bonchev–Trinajstić information content (AvgIpc) is 2.97. The Kier molecular flexibility index (Phi) is 4.71. The molecule has 0 spiro atoms. The molecule has 5 heteroatoms. The Bertz CT molecular complexity index is 465. The number of hydrogen-bond acceptors (Lipinski definition) is 3. The molecule has 2 aliphatic heterocycles. The highest BCUT2D eigenvalue weighted by Crippen LogP contribution is 2.27. The third-order valence-electron chi connectivity index (χ3n) is 4.00. The molecule has 1 atom stereocenters. The molecule has 0 aliphatic carbocycles. The van der Waals surface area contributed by atoms with Crippen LogP contribution >= 0.6 is 15.9 Å². The van der Waals surface area contributed by atoms with Crippen LogP contribution in [0.25, 0.3) is 0 Å². The summed E-state index contributed by atoms with van der Waals surface area (Å²) in [6.07, 6.45) is 3.43. The van der Waals surface area contributed by atoms with Gasteiger partial charge in [0.15, 0.2) is 6.29 Å². The third kappa shape index (κ3) is 3.22. The Labute approximate surface area is 127 Å².